The molecule has 21 heavy (non-hydrogen) atoms. The number of aromatic carboxylic acids is 1. The van der Waals surface area contributed by atoms with Crippen LogP contribution >= 0.6 is 0 Å². The van der Waals surface area contributed by atoms with Crippen LogP contribution in [0.4, 0.5) is 0 Å². The second kappa shape index (κ2) is 6.72. The van der Waals surface area contributed by atoms with E-state index in [1.165, 1.54) is 0 Å². The van der Waals surface area contributed by atoms with Crippen LogP contribution in [0.3, 0.4) is 0 Å². The first-order valence-electron chi connectivity index (χ1n) is 7.43. The summed E-state index contributed by atoms with van der Waals surface area (Å²) >= 11 is 0. The van der Waals surface area contributed by atoms with Gasteiger partial charge in [0.2, 0.25) is 5.91 Å². The second-order valence-electron chi connectivity index (χ2n) is 5.55. The van der Waals surface area contributed by atoms with E-state index in [4.69, 9.17) is 5.11 Å². The Morgan fingerprint density at radius 2 is 2.05 bits per heavy atom. The molecule has 0 saturated carbocycles. The molecule has 1 atom stereocenters. The molecule has 1 saturated heterocycles. The Balaban J connectivity index is 1.95. The van der Waals surface area contributed by atoms with E-state index in [0.29, 0.717) is 6.54 Å². The topological polar surface area (TPSA) is 78.4 Å². The van der Waals surface area contributed by atoms with Crippen LogP contribution in [0.25, 0.3) is 0 Å². The minimum atomic E-state index is -0.942. The molecule has 5 heteroatoms. The van der Waals surface area contributed by atoms with Crippen LogP contribution < -0.4 is 10.6 Å². The van der Waals surface area contributed by atoms with Gasteiger partial charge < -0.3 is 15.7 Å². The van der Waals surface area contributed by atoms with Gasteiger partial charge in [0.15, 0.2) is 0 Å². The third-order valence-corrected chi connectivity index (χ3v) is 4.01. The average molecular weight is 290 g/mol. The molecule has 0 aromatic heterocycles. The first-order valence-corrected chi connectivity index (χ1v) is 7.43. The number of amides is 1. The first kappa shape index (κ1) is 15.5. The number of carboxylic acids is 1. The standard InChI is InChI=1S/C16H22N2O3/c1-2-8-16(9-3-10-18-16)15(21)17-11-12-4-6-13(7-5-12)14(19)20/h4-7,18H,2-3,8-11H2,1H3,(H,17,21)(H,19,20). The van der Waals surface area contributed by atoms with Gasteiger partial charge in [0.1, 0.15) is 0 Å². The number of carbonyl (C=O) groups is 2. The van der Waals surface area contributed by atoms with E-state index in [-0.39, 0.29) is 11.5 Å². The van der Waals surface area contributed by atoms with Gasteiger partial charge in [-0.3, -0.25) is 4.79 Å². The van der Waals surface area contributed by atoms with Crippen molar-refractivity contribution >= 4 is 11.9 Å². The summed E-state index contributed by atoms with van der Waals surface area (Å²) in [7, 11) is 0. The Labute approximate surface area is 124 Å². The van der Waals surface area contributed by atoms with Crippen molar-refractivity contribution in [3.05, 3.63) is 35.4 Å². The van der Waals surface area contributed by atoms with Crippen molar-refractivity contribution in [1.82, 2.24) is 10.6 Å². The minimum Gasteiger partial charge on any atom is -0.478 e. The van der Waals surface area contributed by atoms with Gasteiger partial charge in [-0.15, -0.1) is 0 Å². The molecule has 1 aliphatic heterocycles. The number of benzene rings is 1. The fourth-order valence-electron chi connectivity index (χ4n) is 2.87. The van der Waals surface area contributed by atoms with Crippen molar-refractivity contribution in [3.8, 4) is 0 Å². The van der Waals surface area contributed by atoms with Crippen LogP contribution in [-0.2, 0) is 11.3 Å². The fraction of sp³-hybridized carbons (Fsp3) is 0.500. The van der Waals surface area contributed by atoms with Crippen LogP contribution in [0.1, 0.15) is 48.5 Å². The van der Waals surface area contributed by atoms with Gasteiger partial charge in [-0.1, -0.05) is 25.5 Å². The van der Waals surface area contributed by atoms with Crippen molar-refractivity contribution in [1.29, 1.82) is 0 Å². The van der Waals surface area contributed by atoms with E-state index in [1.807, 2.05) is 0 Å². The van der Waals surface area contributed by atoms with Crippen LogP contribution in [0, 0.1) is 0 Å². The largest absolute Gasteiger partial charge is 0.478 e. The van der Waals surface area contributed by atoms with E-state index in [0.717, 1.165) is 37.8 Å². The second-order valence-corrected chi connectivity index (χ2v) is 5.55. The normalized spacial score (nSPS) is 21.2. The molecule has 1 heterocycles. The molecular formula is C16H22N2O3. The molecule has 1 aromatic carbocycles. The molecule has 2 rings (SSSR count). The van der Waals surface area contributed by atoms with Crippen molar-refractivity contribution in [3.63, 3.8) is 0 Å². The zero-order valence-electron chi connectivity index (χ0n) is 12.3. The number of hydrogen-bond donors (Lipinski definition) is 3. The Bertz CT molecular complexity index is 505. The van der Waals surface area contributed by atoms with Crippen LogP contribution in [0.2, 0.25) is 0 Å². The highest BCUT2D eigenvalue weighted by molar-refractivity contribution is 5.88. The van der Waals surface area contributed by atoms with Gasteiger partial charge >= 0.3 is 5.97 Å². The summed E-state index contributed by atoms with van der Waals surface area (Å²) in [5, 5.41) is 15.2. The molecule has 1 aliphatic rings. The van der Waals surface area contributed by atoms with Gasteiger partial charge in [0, 0.05) is 6.54 Å². The number of rotatable bonds is 6. The summed E-state index contributed by atoms with van der Waals surface area (Å²) in [5.74, 6) is -0.896. The molecular weight excluding hydrogens is 268 g/mol. The Morgan fingerprint density at radius 1 is 1.33 bits per heavy atom. The van der Waals surface area contributed by atoms with E-state index in [2.05, 4.69) is 17.6 Å². The van der Waals surface area contributed by atoms with Crippen molar-refractivity contribution in [2.75, 3.05) is 6.54 Å². The fourth-order valence-corrected chi connectivity index (χ4v) is 2.87. The highest BCUT2D eigenvalue weighted by Gasteiger charge is 2.39. The van der Waals surface area contributed by atoms with Gasteiger partial charge in [0.25, 0.3) is 0 Å². The molecule has 114 valence electrons. The van der Waals surface area contributed by atoms with E-state index < -0.39 is 11.5 Å². The summed E-state index contributed by atoms with van der Waals surface area (Å²) in [6, 6.07) is 6.58. The molecule has 5 nitrogen and oxygen atoms in total. The van der Waals surface area contributed by atoms with E-state index in [1.54, 1.807) is 24.3 Å². The highest BCUT2D eigenvalue weighted by atomic mass is 16.4. The summed E-state index contributed by atoms with van der Waals surface area (Å²) in [4.78, 5) is 23.2. The zero-order chi connectivity index (χ0) is 15.3. The number of carbonyl (C=O) groups excluding carboxylic acids is 1. The summed E-state index contributed by atoms with van der Waals surface area (Å²) in [6.45, 7) is 3.40. The lowest BCUT2D eigenvalue weighted by Gasteiger charge is -2.27. The lowest BCUT2D eigenvalue weighted by molar-refractivity contribution is -0.127. The number of carboxylic acid groups (broad SMARTS) is 1. The zero-order valence-corrected chi connectivity index (χ0v) is 12.3. The van der Waals surface area contributed by atoms with Crippen molar-refractivity contribution < 1.29 is 14.7 Å². The summed E-state index contributed by atoms with van der Waals surface area (Å²) in [6.07, 6.45) is 3.72. The lowest BCUT2D eigenvalue weighted by atomic mass is 9.91. The Kier molecular flexibility index (Phi) is 4.96. The van der Waals surface area contributed by atoms with Crippen LogP contribution in [-0.4, -0.2) is 29.1 Å². The maximum Gasteiger partial charge on any atom is 0.335 e. The molecule has 1 aromatic rings. The van der Waals surface area contributed by atoms with Crippen LogP contribution in [0.5, 0.6) is 0 Å². The molecule has 0 spiro atoms. The van der Waals surface area contributed by atoms with Gasteiger partial charge in [-0.05, 0) is 43.5 Å². The monoisotopic (exact) mass is 290 g/mol. The predicted octanol–water partition coefficient (Wildman–Crippen LogP) is 1.92. The predicted molar refractivity (Wildman–Crippen MR) is 80.1 cm³/mol. The summed E-state index contributed by atoms with van der Waals surface area (Å²) in [5.41, 5.74) is 0.735. The molecule has 0 aliphatic carbocycles. The smallest absolute Gasteiger partial charge is 0.335 e. The highest BCUT2D eigenvalue weighted by Crippen LogP contribution is 2.25. The lowest BCUT2D eigenvalue weighted by Crippen LogP contribution is -2.53. The number of nitrogens with one attached hydrogen (secondary N) is 2. The minimum absolute atomic E-state index is 0.0455. The van der Waals surface area contributed by atoms with Gasteiger partial charge in [-0.25, -0.2) is 4.79 Å². The molecule has 1 fully saturated rings. The average Bonchev–Trinajstić information content (AvgIpc) is 2.95. The Hall–Kier alpha value is -1.88. The molecule has 3 N–H and O–H groups in total. The molecule has 1 amide bonds. The van der Waals surface area contributed by atoms with Gasteiger partial charge in [-0.2, -0.15) is 0 Å². The molecule has 0 bridgehead atoms. The van der Waals surface area contributed by atoms with Crippen LogP contribution in [0.15, 0.2) is 24.3 Å². The maximum atomic E-state index is 12.4. The summed E-state index contributed by atoms with van der Waals surface area (Å²) < 4.78 is 0. The number of hydrogen-bond acceptors (Lipinski definition) is 3. The quantitative estimate of drug-likeness (QED) is 0.748. The SMILES string of the molecule is CCCC1(C(=O)NCc2ccc(C(=O)O)cc2)CCCN1. The van der Waals surface area contributed by atoms with Crippen molar-refractivity contribution in [2.45, 2.75) is 44.7 Å². The van der Waals surface area contributed by atoms with E-state index >= 15 is 0 Å². The third-order valence-electron chi connectivity index (χ3n) is 4.01. The maximum absolute atomic E-state index is 12.4. The van der Waals surface area contributed by atoms with E-state index in [9.17, 15) is 9.59 Å². The first-order chi connectivity index (χ1) is 10.1. The third kappa shape index (κ3) is 3.61. The molecule has 0 radical (unpaired) electrons. The van der Waals surface area contributed by atoms with Gasteiger partial charge in [0.05, 0.1) is 11.1 Å². The Morgan fingerprint density at radius 3 is 2.57 bits per heavy atom. The van der Waals surface area contributed by atoms with Crippen molar-refractivity contribution in [2.24, 2.45) is 0 Å². The molecule has 1 unspecified atom stereocenters.